The highest BCUT2D eigenvalue weighted by molar-refractivity contribution is 7.21. The fourth-order valence-corrected chi connectivity index (χ4v) is 2.93. The zero-order valence-electron chi connectivity index (χ0n) is 9.15. The molecule has 0 radical (unpaired) electrons. The minimum Gasteiger partial charge on any atom is -0.398 e. The van der Waals surface area contributed by atoms with Gasteiger partial charge in [0, 0.05) is 16.3 Å². The second-order valence-corrected chi connectivity index (χ2v) is 5.33. The zero-order valence-corrected chi connectivity index (χ0v) is 10.7. The monoisotopic (exact) mass is 278 g/mol. The van der Waals surface area contributed by atoms with Gasteiger partial charge in [-0.2, -0.15) is 0 Å². The molecule has 5 heteroatoms. The predicted octanol–water partition coefficient (Wildman–Crippen LogP) is 4.34. The van der Waals surface area contributed by atoms with Crippen LogP contribution in [0.1, 0.15) is 0 Å². The molecule has 2 N–H and O–H groups in total. The third-order valence-electron chi connectivity index (χ3n) is 2.60. The van der Waals surface area contributed by atoms with Gasteiger partial charge >= 0.3 is 0 Å². The Hall–Kier alpha value is -1.65. The van der Waals surface area contributed by atoms with Crippen molar-refractivity contribution in [3.8, 4) is 10.6 Å². The van der Waals surface area contributed by atoms with E-state index in [2.05, 4.69) is 4.98 Å². The quantitative estimate of drug-likeness (QED) is 0.673. The molecule has 0 atom stereocenters. The number of halogens is 2. The number of fused-ring (bicyclic) bond motifs is 1. The van der Waals surface area contributed by atoms with Crippen LogP contribution in [0.15, 0.2) is 36.4 Å². The standard InChI is InChI=1S/C13H8ClFN2S/c14-7-1-3-10(16)9(5-7)13-17-11-4-2-8(15)6-12(11)18-13/h1-6H,16H2. The van der Waals surface area contributed by atoms with Gasteiger partial charge in [0.1, 0.15) is 10.8 Å². The van der Waals surface area contributed by atoms with Crippen molar-refractivity contribution in [1.29, 1.82) is 0 Å². The van der Waals surface area contributed by atoms with Crippen LogP contribution in [-0.2, 0) is 0 Å². The molecule has 0 saturated carbocycles. The Morgan fingerprint density at radius 1 is 1.17 bits per heavy atom. The first-order valence-corrected chi connectivity index (χ1v) is 6.44. The van der Waals surface area contributed by atoms with Gasteiger partial charge in [-0.25, -0.2) is 9.37 Å². The summed E-state index contributed by atoms with van der Waals surface area (Å²) in [5, 5.41) is 1.35. The summed E-state index contributed by atoms with van der Waals surface area (Å²) in [6.45, 7) is 0. The van der Waals surface area contributed by atoms with Crippen molar-refractivity contribution in [2.45, 2.75) is 0 Å². The number of aromatic nitrogens is 1. The van der Waals surface area contributed by atoms with E-state index in [1.807, 2.05) is 0 Å². The van der Waals surface area contributed by atoms with Crippen LogP contribution in [0.4, 0.5) is 10.1 Å². The third-order valence-corrected chi connectivity index (χ3v) is 3.88. The molecule has 90 valence electrons. The zero-order chi connectivity index (χ0) is 12.7. The van der Waals surface area contributed by atoms with Crippen molar-refractivity contribution in [2.75, 3.05) is 5.73 Å². The van der Waals surface area contributed by atoms with Gasteiger partial charge in [0.05, 0.1) is 10.2 Å². The summed E-state index contributed by atoms with van der Waals surface area (Å²) in [5.74, 6) is -0.267. The molecule has 1 heterocycles. The molecule has 1 aromatic heterocycles. The predicted molar refractivity (Wildman–Crippen MR) is 74.4 cm³/mol. The van der Waals surface area contributed by atoms with Gasteiger partial charge in [0.15, 0.2) is 0 Å². The van der Waals surface area contributed by atoms with E-state index in [1.165, 1.54) is 23.5 Å². The van der Waals surface area contributed by atoms with Crippen LogP contribution in [0.5, 0.6) is 0 Å². The maximum absolute atomic E-state index is 13.1. The first-order valence-electron chi connectivity index (χ1n) is 5.25. The number of hydrogen-bond acceptors (Lipinski definition) is 3. The number of nitrogens with zero attached hydrogens (tertiary/aromatic N) is 1. The molecule has 0 aliphatic rings. The fraction of sp³-hybridized carbons (Fsp3) is 0. The van der Waals surface area contributed by atoms with Gasteiger partial charge in [0.2, 0.25) is 0 Å². The summed E-state index contributed by atoms with van der Waals surface area (Å²) < 4.78 is 13.9. The highest BCUT2D eigenvalue weighted by Crippen LogP contribution is 2.34. The summed E-state index contributed by atoms with van der Waals surface area (Å²) in [4.78, 5) is 4.44. The molecule has 0 unspecified atom stereocenters. The van der Waals surface area contributed by atoms with E-state index in [4.69, 9.17) is 17.3 Å². The van der Waals surface area contributed by atoms with E-state index < -0.39 is 0 Å². The first kappa shape index (κ1) is 11.4. The van der Waals surface area contributed by atoms with Gasteiger partial charge in [-0.05, 0) is 36.4 Å². The summed E-state index contributed by atoms with van der Waals surface area (Å²) in [6.07, 6.45) is 0. The minimum atomic E-state index is -0.267. The fourth-order valence-electron chi connectivity index (χ4n) is 1.73. The summed E-state index contributed by atoms with van der Waals surface area (Å²) >= 11 is 7.35. The second kappa shape index (κ2) is 4.23. The Labute approximate surface area is 112 Å². The topological polar surface area (TPSA) is 38.9 Å². The van der Waals surface area contributed by atoms with Gasteiger partial charge in [-0.1, -0.05) is 11.6 Å². The van der Waals surface area contributed by atoms with Crippen LogP contribution in [-0.4, -0.2) is 4.98 Å². The van der Waals surface area contributed by atoms with Crippen LogP contribution in [0.3, 0.4) is 0 Å². The number of thiazole rings is 1. The molecule has 0 aliphatic heterocycles. The Morgan fingerprint density at radius 2 is 2.00 bits per heavy atom. The van der Waals surface area contributed by atoms with Crippen LogP contribution in [0, 0.1) is 5.82 Å². The Bertz CT molecular complexity index is 739. The molecule has 3 rings (SSSR count). The van der Waals surface area contributed by atoms with Crippen molar-refractivity contribution in [3.05, 3.63) is 47.2 Å². The molecule has 0 spiro atoms. The van der Waals surface area contributed by atoms with E-state index in [0.717, 1.165) is 20.8 Å². The van der Waals surface area contributed by atoms with E-state index >= 15 is 0 Å². The van der Waals surface area contributed by atoms with Gasteiger partial charge in [-0.3, -0.25) is 0 Å². The number of nitrogen functional groups attached to an aromatic ring is 1. The summed E-state index contributed by atoms with van der Waals surface area (Å²) in [5.41, 5.74) is 8.06. The number of hydrogen-bond donors (Lipinski definition) is 1. The van der Waals surface area contributed by atoms with Crippen LogP contribution < -0.4 is 5.73 Å². The lowest BCUT2D eigenvalue weighted by molar-refractivity contribution is 0.630. The van der Waals surface area contributed by atoms with Crippen LogP contribution >= 0.6 is 22.9 Å². The van der Waals surface area contributed by atoms with E-state index in [9.17, 15) is 4.39 Å². The second-order valence-electron chi connectivity index (χ2n) is 3.86. The first-order chi connectivity index (χ1) is 8.63. The number of nitrogens with two attached hydrogens (primary N) is 1. The molecule has 2 aromatic carbocycles. The molecular weight excluding hydrogens is 271 g/mol. The number of benzene rings is 2. The maximum Gasteiger partial charge on any atom is 0.126 e. The van der Waals surface area contributed by atoms with Gasteiger partial charge in [0.25, 0.3) is 0 Å². The largest absolute Gasteiger partial charge is 0.398 e. The smallest absolute Gasteiger partial charge is 0.126 e. The highest BCUT2D eigenvalue weighted by Gasteiger charge is 2.10. The normalized spacial score (nSPS) is 11.0. The lowest BCUT2D eigenvalue weighted by Gasteiger charge is -2.01. The Balaban J connectivity index is 2.22. The van der Waals surface area contributed by atoms with Crippen LogP contribution in [0.2, 0.25) is 5.02 Å². The molecule has 0 fully saturated rings. The SMILES string of the molecule is Nc1ccc(Cl)cc1-c1nc2ccc(F)cc2s1. The minimum absolute atomic E-state index is 0.267. The molecule has 0 bridgehead atoms. The van der Waals surface area contributed by atoms with Crippen molar-refractivity contribution >= 4 is 38.8 Å². The Kier molecular flexibility index (Phi) is 2.69. The molecule has 0 saturated heterocycles. The number of rotatable bonds is 1. The summed E-state index contributed by atoms with van der Waals surface area (Å²) in [6, 6.07) is 9.76. The van der Waals surface area contributed by atoms with Crippen LogP contribution in [0.25, 0.3) is 20.8 Å². The molecule has 0 aliphatic carbocycles. The van der Waals surface area contributed by atoms with E-state index in [1.54, 1.807) is 24.3 Å². The average molecular weight is 279 g/mol. The van der Waals surface area contributed by atoms with E-state index in [-0.39, 0.29) is 5.82 Å². The molecule has 3 aromatic rings. The summed E-state index contributed by atoms with van der Waals surface area (Å²) in [7, 11) is 0. The highest BCUT2D eigenvalue weighted by atomic mass is 35.5. The lowest BCUT2D eigenvalue weighted by atomic mass is 10.2. The lowest BCUT2D eigenvalue weighted by Crippen LogP contribution is -1.88. The van der Waals surface area contributed by atoms with Gasteiger partial charge in [-0.15, -0.1) is 11.3 Å². The van der Waals surface area contributed by atoms with E-state index in [0.29, 0.717) is 10.7 Å². The number of anilines is 1. The van der Waals surface area contributed by atoms with Crippen molar-refractivity contribution in [1.82, 2.24) is 4.98 Å². The average Bonchev–Trinajstić information content (AvgIpc) is 2.74. The Morgan fingerprint density at radius 3 is 2.83 bits per heavy atom. The van der Waals surface area contributed by atoms with Crippen molar-refractivity contribution in [2.24, 2.45) is 0 Å². The third kappa shape index (κ3) is 1.94. The molecule has 18 heavy (non-hydrogen) atoms. The maximum atomic E-state index is 13.1. The van der Waals surface area contributed by atoms with Crippen molar-refractivity contribution in [3.63, 3.8) is 0 Å². The molecule has 2 nitrogen and oxygen atoms in total. The molecular formula is C13H8ClFN2S. The van der Waals surface area contributed by atoms with Crippen molar-refractivity contribution < 1.29 is 4.39 Å². The molecule has 0 amide bonds. The van der Waals surface area contributed by atoms with Gasteiger partial charge < -0.3 is 5.73 Å².